The van der Waals surface area contributed by atoms with E-state index in [-0.39, 0.29) is 12.0 Å². The molecule has 25 heavy (non-hydrogen) atoms. The number of hydrogen-bond acceptors (Lipinski definition) is 5. The van der Waals surface area contributed by atoms with E-state index in [4.69, 9.17) is 21.1 Å². The van der Waals surface area contributed by atoms with Crippen LogP contribution < -0.4 is 9.47 Å². The molecule has 0 N–H and O–H groups in total. The van der Waals surface area contributed by atoms with Crippen molar-refractivity contribution >= 4 is 17.5 Å². The lowest BCUT2D eigenvalue weighted by Crippen LogP contribution is -2.44. The van der Waals surface area contributed by atoms with Gasteiger partial charge in [0.15, 0.2) is 0 Å². The molecule has 0 bridgehead atoms. The predicted octanol–water partition coefficient (Wildman–Crippen LogP) is 3.13. The van der Waals surface area contributed by atoms with Gasteiger partial charge in [-0.1, -0.05) is 11.6 Å². The number of aromatic nitrogens is 2. The van der Waals surface area contributed by atoms with Crippen molar-refractivity contribution in [2.24, 2.45) is 0 Å². The van der Waals surface area contributed by atoms with Crippen molar-refractivity contribution in [3.8, 4) is 11.6 Å². The highest BCUT2D eigenvalue weighted by Crippen LogP contribution is 2.26. The number of benzene rings is 1. The summed E-state index contributed by atoms with van der Waals surface area (Å²) in [5.74, 6) is 1.60. The van der Waals surface area contributed by atoms with Gasteiger partial charge in [0.1, 0.15) is 17.7 Å². The zero-order valence-corrected chi connectivity index (χ0v) is 15.0. The first-order chi connectivity index (χ1) is 12.1. The van der Waals surface area contributed by atoms with Crippen LogP contribution in [0.5, 0.6) is 11.6 Å². The molecule has 1 aromatic heterocycles. The summed E-state index contributed by atoms with van der Waals surface area (Å²) in [6, 6.07) is 6.78. The van der Waals surface area contributed by atoms with Crippen molar-refractivity contribution in [3.05, 3.63) is 46.9 Å². The second-order valence-corrected chi connectivity index (χ2v) is 6.36. The molecule has 1 unspecified atom stereocenters. The van der Waals surface area contributed by atoms with Crippen LogP contribution in [0.1, 0.15) is 29.0 Å². The van der Waals surface area contributed by atoms with Crippen molar-refractivity contribution < 1.29 is 14.3 Å². The van der Waals surface area contributed by atoms with E-state index in [0.717, 1.165) is 12.8 Å². The van der Waals surface area contributed by atoms with E-state index in [0.29, 0.717) is 41.1 Å². The molecule has 1 saturated heterocycles. The molecule has 6 nitrogen and oxygen atoms in total. The second-order valence-electron chi connectivity index (χ2n) is 5.92. The van der Waals surface area contributed by atoms with Crippen molar-refractivity contribution in [1.29, 1.82) is 0 Å². The summed E-state index contributed by atoms with van der Waals surface area (Å²) in [5.41, 5.74) is 0.466. The smallest absolute Gasteiger partial charge is 0.257 e. The quantitative estimate of drug-likeness (QED) is 0.837. The van der Waals surface area contributed by atoms with Gasteiger partial charge < -0.3 is 14.4 Å². The molecule has 2 aromatic rings. The van der Waals surface area contributed by atoms with E-state index in [1.165, 1.54) is 0 Å². The monoisotopic (exact) mass is 361 g/mol. The number of ether oxygens (including phenoxy) is 2. The van der Waals surface area contributed by atoms with Gasteiger partial charge in [0, 0.05) is 23.8 Å². The largest absolute Gasteiger partial charge is 0.496 e. The van der Waals surface area contributed by atoms with Gasteiger partial charge in [-0.25, -0.2) is 4.98 Å². The van der Waals surface area contributed by atoms with E-state index >= 15 is 0 Å². The fraction of sp³-hybridized carbons (Fsp3) is 0.389. The first kappa shape index (κ1) is 17.5. The third-order valence-electron chi connectivity index (χ3n) is 4.10. The zero-order chi connectivity index (χ0) is 17.8. The highest BCUT2D eigenvalue weighted by molar-refractivity contribution is 6.31. The molecule has 132 valence electrons. The minimum Gasteiger partial charge on any atom is -0.496 e. The maximum Gasteiger partial charge on any atom is 0.257 e. The average Bonchev–Trinajstić information content (AvgIpc) is 2.61. The Morgan fingerprint density at radius 3 is 2.96 bits per heavy atom. The molecule has 1 fully saturated rings. The van der Waals surface area contributed by atoms with E-state index in [1.807, 2.05) is 6.92 Å². The Hall–Kier alpha value is -2.34. The van der Waals surface area contributed by atoms with Gasteiger partial charge in [0.25, 0.3) is 5.91 Å². The van der Waals surface area contributed by atoms with Crippen LogP contribution in [0.2, 0.25) is 5.02 Å². The zero-order valence-electron chi connectivity index (χ0n) is 14.2. The molecule has 0 radical (unpaired) electrons. The molecule has 1 aliphatic heterocycles. The van der Waals surface area contributed by atoms with Crippen LogP contribution in [-0.2, 0) is 0 Å². The molecule has 7 heteroatoms. The van der Waals surface area contributed by atoms with E-state index < -0.39 is 0 Å². The van der Waals surface area contributed by atoms with Crippen molar-refractivity contribution in [2.75, 3.05) is 20.2 Å². The van der Waals surface area contributed by atoms with Gasteiger partial charge in [-0.2, -0.15) is 4.98 Å². The lowest BCUT2D eigenvalue weighted by Gasteiger charge is -2.33. The highest BCUT2D eigenvalue weighted by atomic mass is 35.5. The molecule has 0 saturated carbocycles. The topological polar surface area (TPSA) is 64.5 Å². The first-order valence-corrected chi connectivity index (χ1v) is 8.53. The molecule has 3 rings (SSSR count). The molecule has 1 amide bonds. The average molecular weight is 362 g/mol. The summed E-state index contributed by atoms with van der Waals surface area (Å²) in [4.78, 5) is 23.0. The normalized spacial score (nSPS) is 17.2. The molecular formula is C18H20ClN3O3. The number of halogens is 1. The summed E-state index contributed by atoms with van der Waals surface area (Å²) >= 11 is 6.04. The van der Waals surface area contributed by atoms with Gasteiger partial charge >= 0.3 is 0 Å². The summed E-state index contributed by atoms with van der Waals surface area (Å²) in [6.07, 6.45) is 3.31. The van der Waals surface area contributed by atoms with Crippen LogP contribution in [0.4, 0.5) is 0 Å². The van der Waals surface area contributed by atoms with Gasteiger partial charge in [0.2, 0.25) is 5.88 Å². The number of carbonyl (C=O) groups is 1. The lowest BCUT2D eigenvalue weighted by molar-refractivity contribution is 0.0524. The SMILES string of the molecule is COc1ccc(Cl)cc1C(=O)N1CCCC(Oc2ccnc(C)n2)C1. The molecule has 1 aliphatic rings. The summed E-state index contributed by atoms with van der Waals surface area (Å²) in [5, 5.41) is 0.505. The number of rotatable bonds is 4. The Morgan fingerprint density at radius 2 is 2.20 bits per heavy atom. The Bertz CT molecular complexity index is 769. The first-order valence-electron chi connectivity index (χ1n) is 8.16. The number of carbonyl (C=O) groups excluding carboxylic acids is 1. The molecule has 0 aliphatic carbocycles. The maximum absolute atomic E-state index is 12.9. The third-order valence-corrected chi connectivity index (χ3v) is 4.33. The van der Waals surface area contributed by atoms with Crippen LogP contribution in [0, 0.1) is 6.92 Å². The van der Waals surface area contributed by atoms with E-state index in [1.54, 1.807) is 42.5 Å². The van der Waals surface area contributed by atoms with Crippen LogP contribution in [0.3, 0.4) is 0 Å². The Kier molecular flexibility index (Phi) is 5.38. The molecule has 2 heterocycles. The van der Waals surface area contributed by atoms with Crippen molar-refractivity contribution in [2.45, 2.75) is 25.9 Å². The molecule has 0 spiro atoms. The molecule has 1 atom stereocenters. The molecular weight excluding hydrogens is 342 g/mol. The van der Waals surface area contributed by atoms with Crippen LogP contribution in [0.25, 0.3) is 0 Å². The Morgan fingerprint density at radius 1 is 1.36 bits per heavy atom. The number of likely N-dealkylation sites (tertiary alicyclic amines) is 1. The minimum absolute atomic E-state index is 0.0998. The third kappa shape index (κ3) is 4.20. The second kappa shape index (κ2) is 7.70. The number of methoxy groups -OCH3 is 1. The Labute approximate surface area is 151 Å². The maximum atomic E-state index is 12.9. The van der Waals surface area contributed by atoms with Gasteiger partial charge in [-0.15, -0.1) is 0 Å². The lowest BCUT2D eigenvalue weighted by atomic mass is 10.1. The van der Waals surface area contributed by atoms with Crippen LogP contribution in [-0.4, -0.2) is 47.1 Å². The number of piperidine rings is 1. The summed E-state index contributed by atoms with van der Waals surface area (Å²) < 4.78 is 11.2. The fourth-order valence-corrected chi connectivity index (χ4v) is 3.08. The molecule has 1 aromatic carbocycles. The summed E-state index contributed by atoms with van der Waals surface area (Å²) in [6.45, 7) is 2.99. The van der Waals surface area contributed by atoms with Crippen molar-refractivity contribution in [3.63, 3.8) is 0 Å². The number of hydrogen-bond donors (Lipinski definition) is 0. The number of aryl methyl sites for hydroxylation is 1. The summed E-state index contributed by atoms with van der Waals surface area (Å²) in [7, 11) is 1.54. The standard InChI is InChI=1S/C18H20ClN3O3/c1-12-20-8-7-17(21-12)25-14-4-3-9-22(11-14)18(23)15-10-13(19)5-6-16(15)24-2/h5-8,10,14H,3-4,9,11H2,1-2H3. The van der Waals surface area contributed by atoms with E-state index in [2.05, 4.69) is 9.97 Å². The Balaban J connectivity index is 1.72. The van der Waals surface area contributed by atoms with E-state index in [9.17, 15) is 4.79 Å². The minimum atomic E-state index is -0.105. The highest BCUT2D eigenvalue weighted by Gasteiger charge is 2.27. The van der Waals surface area contributed by atoms with Crippen molar-refractivity contribution in [1.82, 2.24) is 14.9 Å². The van der Waals surface area contributed by atoms with Gasteiger partial charge in [-0.3, -0.25) is 4.79 Å². The van der Waals surface area contributed by atoms with Crippen LogP contribution >= 0.6 is 11.6 Å². The number of nitrogens with zero attached hydrogens (tertiary/aromatic N) is 3. The fourth-order valence-electron chi connectivity index (χ4n) is 2.91. The number of amides is 1. The van der Waals surface area contributed by atoms with Crippen LogP contribution in [0.15, 0.2) is 30.5 Å². The predicted molar refractivity (Wildman–Crippen MR) is 94.3 cm³/mol. The van der Waals surface area contributed by atoms with Gasteiger partial charge in [0.05, 0.1) is 19.2 Å². The van der Waals surface area contributed by atoms with Gasteiger partial charge in [-0.05, 0) is 38.0 Å².